The zero-order valence-electron chi connectivity index (χ0n) is 20.4. The van der Waals surface area contributed by atoms with Crippen LogP contribution >= 0.6 is 11.3 Å². The highest BCUT2D eigenvalue weighted by Gasteiger charge is 2.18. The van der Waals surface area contributed by atoms with Gasteiger partial charge in [0.05, 0.1) is 35.0 Å². The van der Waals surface area contributed by atoms with Crippen LogP contribution in [0.25, 0.3) is 55.4 Å². The number of aromatic nitrogens is 7. The van der Waals surface area contributed by atoms with Gasteiger partial charge in [0, 0.05) is 28.4 Å². The van der Waals surface area contributed by atoms with Gasteiger partial charge in [-0.1, -0.05) is 36.4 Å². The molecule has 3 N–H and O–H groups in total. The van der Waals surface area contributed by atoms with Crippen LogP contribution in [0, 0.1) is 0 Å². The molecular weight excluding hydrogens is 508 g/mol. The van der Waals surface area contributed by atoms with Crippen LogP contribution in [0.3, 0.4) is 0 Å². The number of imidazole rings is 1. The summed E-state index contributed by atoms with van der Waals surface area (Å²) in [5.41, 5.74) is 7.58. The molecule has 6 aromatic heterocycles. The number of pyridine rings is 3. The highest BCUT2D eigenvalue weighted by atomic mass is 32.1. The molecule has 1 aromatic carbocycles. The number of nitrogens with one attached hydrogen (secondary N) is 3. The predicted octanol–water partition coefficient (Wildman–Crippen LogP) is 5.87. The summed E-state index contributed by atoms with van der Waals surface area (Å²) in [5.74, 6) is 0.471. The molecule has 6 heterocycles. The van der Waals surface area contributed by atoms with Crippen molar-refractivity contribution in [2.75, 3.05) is 5.32 Å². The lowest BCUT2D eigenvalue weighted by Crippen LogP contribution is -2.14. The summed E-state index contributed by atoms with van der Waals surface area (Å²) in [6, 6.07) is 21.4. The number of rotatable bonds is 6. The quantitative estimate of drug-likeness (QED) is 0.248. The maximum atomic E-state index is 12.6. The summed E-state index contributed by atoms with van der Waals surface area (Å²) in [5, 5.41) is 12.5. The minimum atomic E-state index is -0.110. The highest BCUT2D eigenvalue weighted by Crippen LogP contribution is 2.33. The zero-order chi connectivity index (χ0) is 26.2. The summed E-state index contributed by atoms with van der Waals surface area (Å²) in [6.07, 6.45) is 5.40. The second-order valence-corrected chi connectivity index (χ2v) is 9.91. The smallest absolute Gasteiger partial charge is 0.228 e. The average molecular weight is 529 g/mol. The van der Waals surface area contributed by atoms with Gasteiger partial charge in [0.25, 0.3) is 0 Å². The van der Waals surface area contributed by atoms with Crippen molar-refractivity contribution in [3.05, 3.63) is 96.3 Å². The van der Waals surface area contributed by atoms with Gasteiger partial charge in [-0.15, -0.1) is 11.3 Å². The van der Waals surface area contributed by atoms with E-state index in [9.17, 15) is 4.79 Å². The number of hydrogen-bond acceptors (Lipinski definition) is 7. The molecule has 0 bridgehead atoms. The Balaban J connectivity index is 1.21. The number of hydrogen-bond donors (Lipinski definition) is 3. The maximum absolute atomic E-state index is 12.6. The molecule has 39 heavy (non-hydrogen) atoms. The van der Waals surface area contributed by atoms with E-state index in [1.165, 1.54) is 0 Å². The van der Waals surface area contributed by atoms with Gasteiger partial charge < -0.3 is 10.3 Å². The minimum absolute atomic E-state index is 0.110. The molecule has 0 aliphatic rings. The molecule has 9 nitrogen and oxygen atoms in total. The minimum Gasteiger partial charge on any atom is -0.335 e. The van der Waals surface area contributed by atoms with Crippen molar-refractivity contribution in [2.24, 2.45) is 0 Å². The van der Waals surface area contributed by atoms with Crippen LogP contribution in [-0.4, -0.2) is 41.0 Å². The number of amides is 1. The average Bonchev–Trinajstić information content (AvgIpc) is 3.73. The van der Waals surface area contributed by atoms with Gasteiger partial charge in [-0.3, -0.25) is 14.9 Å². The fraction of sp³-hybridized carbons (Fsp3) is 0.0345. The fourth-order valence-corrected chi connectivity index (χ4v) is 5.28. The lowest BCUT2D eigenvalue weighted by molar-refractivity contribution is -0.115. The standard InChI is InChI=1S/C29H20N8OS/c38-24(13-17-5-2-1-3-6-17)32-19-14-18(15-30-16-19)21-8-9-22-26(33-21)27(37-36-22)29-34-25-20(23-7-4-12-39-23)10-11-31-28(25)35-29/h1-12,14-16H,13H2,(H,32,38)(H,36,37)(H,31,34,35). The van der Waals surface area contributed by atoms with Gasteiger partial charge in [-0.05, 0) is 41.3 Å². The normalized spacial score (nSPS) is 11.3. The number of carbonyl (C=O) groups is 1. The molecule has 0 atom stereocenters. The van der Waals surface area contributed by atoms with Gasteiger partial charge in [-0.2, -0.15) is 5.10 Å². The summed E-state index contributed by atoms with van der Waals surface area (Å²) in [6.45, 7) is 0. The lowest BCUT2D eigenvalue weighted by atomic mass is 10.1. The Morgan fingerprint density at radius 1 is 0.974 bits per heavy atom. The predicted molar refractivity (Wildman–Crippen MR) is 152 cm³/mol. The van der Waals surface area contributed by atoms with Crippen molar-refractivity contribution in [3.63, 3.8) is 0 Å². The van der Waals surface area contributed by atoms with Crippen LogP contribution in [0.1, 0.15) is 5.56 Å². The van der Waals surface area contributed by atoms with Crippen molar-refractivity contribution < 1.29 is 4.79 Å². The van der Waals surface area contributed by atoms with Crippen LogP contribution in [0.2, 0.25) is 0 Å². The third-order valence-corrected chi connectivity index (χ3v) is 7.24. The molecule has 0 spiro atoms. The maximum Gasteiger partial charge on any atom is 0.228 e. The summed E-state index contributed by atoms with van der Waals surface area (Å²) >= 11 is 1.66. The number of anilines is 1. The molecule has 0 aliphatic carbocycles. The van der Waals surface area contributed by atoms with Crippen LogP contribution in [0.4, 0.5) is 5.69 Å². The molecule has 1 amide bonds. The first-order valence-corrected chi connectivity index (χ1v) is 13.1. The number of H-pyrrole nitrogens is 2. The van der Waals surface area contributed by atoms with Gasteiger partial charge in [0.1, 0.15) is 5.52 Å². The molecule has 0 radical (unpaired) electrons. The van der Waals surface area contributed by atoms with E-state index in [1.54, 1.807) is 29.9 Å². The lowest BCUT2D eigenvalue weighted by Gasteiger charge is -2.07. The van der Waals surface area contributed by atoms with E-state index in [0.717, 1.165) is 32.6 Å². The second kappa shape index (κ2) is 9.58. The summed E-state index contributed by atoms with van der Waals surface area (Å²) in [4.78, 5) is 35.5. The van der Waals surface area contributed by atoms with E-state index in [2.05, 4.69) is 36.5 Å². The third kappa shape index (κ3) is 4.42. The highest BCUT2D eigenvalue weighted by molar-refractivity contribution is 7.13. The van der Waals surface area contributed by atoms with E-state index >= 15 is 0 Å². The first kappa shape index (κ1) is 22.9. The van der Waals surface area contributed by atoms with E-state index in [-0.39, 0.29) is 12.3 Å². The molecule has 0 saturated heterocycles. The largest absolute Gasteiger partial charge is 0.335 e. The number of thiophene rings is 1. The Bertz CT molecular complexity index is 1940. The Labute approximate surface area is 226 Å². The van der Waals surface area contributed by atoms with Crippen LogP contribution in [0.5, 0.6) is 0 Å². The molecule has 7 rings (SSSR count). The van der Waals surface area contributed by atoms with E-state index < -0.39 is 0 Å². The van der Waals surface area contributed by atoms with Crippen molar-refractivity contribution in [1.82, 2.24) is 35.1 Å². The number of fused-ring (bicyclic) bond motifs is 2. The molecule has 0 saturated carbocycles. The third-order valence-electron chi connectivity index (χ3n) is 6.34. The zero-order valence-corrected chi connectivity index (χ0v) is 21.2. The Morgan fingerprint density at radius 3 is 2.77 bits per heavy atom. The molecular formula is C29H20N8OS. The molecule has 7 aromatic rings. The Hall–Kier alpha value is -5.22. The first-order chi connectivity index (χ1) is 19.2. The number of aromatic amines is 2. The Morgan fingerprint density at radius 2 is 1.90 bits per heavy atom. The molecule has 10 heteroatoms. The fourth-order valence-electron chi connectivity index (χ4n) is 4.52. The van der Waals surface area contributed by atoms with Gasteiger partial charge >= 0.3 is 0 Å². The monoisotopic (exact) mass is 528 g/mol. The van der Waals surface area contributed by atoms with Crippen molar-refractivity contribution >= 4 is 45.1 Å². The van der Waals surface area contributed by atoms with E-state index in [0.29, 0.717) is 34.1 Å². The van der Waals surface area contributed by atoms with Crippen LogP contribution in [0.15, 0.2) is 90.7 Å². The van der Waals surface area contributed by atoms with Crippen molar-refractivity contribution in [1.29, 1.82) is 0 Å². The van der Waals surface area contributed by atoms with Gasteiger partial charge in [-0.25, -0.2) is 15.0 Å². The van der Waals surface area contributed by atoms with Crippen LogP contribution < -0.4 is 5.32 Å². The molecule has 0 unspecified atom stereocenters. The second-order valence-electron chi connectivity index (χ2n) is 8.96. The van der Waals surface area contributed by atoms with Gasteiger partial charge in [0.2, 0.25) is 5.91 Å². The van der Waals surface area contributed by atoms with E-state index in [1.807, 2.05) is 66.0 Å². The van der Waals surface area contributed by atoms with Crippen molar-refractivity contribution in [3.8, 4) is 33.2 Å². The van der Waals surface area contributed by atoms with Crippen LogP contribution in [-0.2, 0) is 11.2 Å². The topological polar surface area (TPSA) is 125 Å². The molecule has 0 aliphatic heterocycles. The van der Waals surface area contributed by atoms with Gasteiger partial charge in [0.15, 0.2) is 17.2 Å². The Kier molecular flexibility index (Phi) is 5.64. The first-order valence-electron chi connectivity index (χ1n) is 12.2. The number of carbonyl (C=O) groups excluding carboxylic acids is 1. The molecule has 188 valence electrons. The number of nitrogens with zero attached hydrogens (tertiary/aromatic N) is 5. The SMILES string of the molecule is O=C(Cc1ccccc1)Nc1cncc(-c2ccc3[nH]nc(-c4nc5nccc(-c6cccs6)c5[nH]4)c3n2)c1. The number of benzene rings is 1. The van der Waals surface area contributed by atoms with Crippen molar-refractivity contribution in [2.45, 2.75) is 6.42 Å². The molecule has 0 fully saturated rings. The summed E-state index contributed by atoms with van der Waals surface area (Å²) < 4.78 is 0. The summed E-state index contributed by atoms with van der Waals surface area (Å²) in [7, 11) is 0. The van der Waals surface area contributed by atoms with E-state index in [4.69, 9.17) is 9.97 Å².